The molecular weight excluding hydrogens is 216 g/mol. The standard InChI is InChI=1S/C13H10N2O2/c1-7-4-3-5-8-10(7)13(17)11-9(12(8)16)6-14-15(11)2/h3-6H,1-2H3. The van der Waals surface area contributed by atoms with Gasteiger partial charge in [-0.1, -0.05) is 18.2 Å². The maximum Gasteiger partial charge on any atom is 0.212 e. The summed E-state index contributed by atoms with van der Waals surface area (Å²) in [5.74, 6) is -0.237. The summed E-state index contributed by atoms with van der Waals surface area (Å²) in [7, 11) is 1.67. The van der Waals surface area contributed by atoms with E-state index in [0.29, 0.717) is 22.4 Å². The molecule has 84 valence electrons. The maximum atomic E-state index is 12.3. The minimum atomic E-state index is -0.119. The van der Waals surface area contributed by atoms with E-state index in [4.69, 9.17) is 0 Å². The fraction of sp³-hybridized carbons (Fsp3) is 0.154. The van der Waals surface area contributed by atoms with Crippen LogP contribution in [0.25, 0.3) is 0 Å². The number of hydrogen-bond donors (Lipinski definition) is 0. The zero-order valence-electron chi connectivity index (χ0n) is 9.52. The fourth-order valence-electron chi connectivity index (χ4n) is 2.29. The Balaban J connectivity index is 2.39. The summed E-state index contributed by atoms with van der Waals surface area (Å²) in [5, 5.41) is 3.99. The molecule has 0 saturated carbocycles. The molecule has 0 saturated heterocycles. The van der Waals surface area contributed by atoms with Crippen LogP contribution in [0.15, 0.2) is 24.4 Å². The van der Waals surface area contributed by atoms with Crippen LogP contribution in [0.2, 0.25) is 0 Å². The van der Waals surface area contributed by atoms with E-state index in [-0.39, 0.29) is 11.6 Å². The molecule has 1 aromatic carbocycles. The van der Waals surface area contributed by atoms with Crippen LogP contribution in [0.3, 0.4) is 0 Å². The van der Waals surface area contributed by atoms with Crippen molar-refractivity contribution in [2.45, 2.75) is 6.92 Å². The van der Waals surface area contributed by atoms with Crippen LogP contribution in [0.1, 0.15) is 37.5 Å². The summed E-state index contributed by atoms with van der Waals surface area (Å²) in [4.78, 5) is 24.6. The number of aryl methyl sites for hydroxylation is 2. The van der Waals surface area contributed by atoms with Gasteiger partial charge in [0.05, 0.1) is 11.8 Å². The highest BCUT2D eigenvalue weighted by atomic mass is 16.1. The number of carbonyl (C=O) groups excluding carboxylic acids is 2. The summed E-state index contributed by atoms with van der Waals surface area (Å²) >= 11 is 0. The number of fused-ring (bicyclic) bond motifs is 2. The lowest BCUT2D eigenvalue weighted by molar-refractivity contribution is 0.0973. The predicted octanol–water partition coefficient (Wildman–Crippen LogP) is 1.50. The van der Waals surface area contributed by atoms with Gasteiger partial charge in [-0.05, 0) is 12.5 Å². The van der Waals surface area contributed by atoms with E-state index in [1.54, 1.807) is 19.2 Å². The first-order chi connectivity index (χ1) is 8.11. The van der Waals surface area contributed by atoms with E-state index in [9.17, 15) is 9.59 Å². The number of rotatable bonds is 0. The first-order valence-corrected chi connectivity index (χ1v) is 5.32. The van der Waals surface area contributed by atoms with Crippen LogP contribution in [0, 0.1) is 6.92 Å². The molecule has 0 spiro atoms. The van der Waals surface area contributed by atoms with Gasteiger partial charge in [-0.25, -0.2) is 0 Å². The molecule has 0 N–H and O–H groups in total. The van der Waals surface area contributed by atoms with Crippen LogP contribution < -0.4 is 0 Å². The van der Waals surface area contributed by atoms with Crippen LogP contribution >= 0.6 is 0 Å². The van der Waals surface area contributed by atoms with E-state index in [1.807, 2.05) is 13.0 Å². The molecular formula is C13H10N2O2. The molecule has 3 rings (SSSR count). The summed E-state index contributed by atoms with van der Waals surface area (Å²) in [6.45, 7) is 1.84. The molecule has 17 heavy (non-hydrogen) atoms. The second kappa shape index (κ2) is 3.13. The molecule has 0 aliphatic heterocycles. The largest absolute Gasteiger partial charge is 0.288 e. The average Bonchev–Trinajstić information content (AvgIpc) is 2.68. The smallest absolute Gasteiger partial charge is 0.212 e. The number of hydrogen-bond acceptors (Lipinski definition) is 3. The van der Waals surface area contributed by atoms with E-state index in [0.717, 1.165) is 5.56 Å². The summed E-state index contributed by atoms with van der Waals surface area (Å²) < 4.78 is 1.46. The SMILES string of the molecule is Cc1cccc2c1C(=O)c1c(cnn1C)C2=O. The van der Waals surface area contributed by atoms with Gasteiger partial charge in [-0.2, -0.15) is 5.10 Å². The van der Waals surface area contributed by atoms with E-state index >= 15 is 0 Å². The quantitative estimate of drug-likeness (QED) is 0.583. The Labute approximate surface area is 97.9 Å². The Hall–Kier alpha value is -2.23. The highest BCUT2D eigenvalue weighted by molar-refractivity contribution is 6.28. The van der Waals surface area contributed by atoms with Crippen molar-refractivity contribution in [1.82, 2.24) is 9.78 Å². The number of nitrogens with zero attached hydrogens (tertiary/aromatic N) is 2. The Bertz CT molecular complexity index is 668. The fourth-order valence-corrected chi connectivity index (χ4v) is 2.29. The Kier molecular flexibility index (Phi) is 1.84. The molecule has 0 radical (unpaired) electrons. The molecule has 2 aromatic rings. The first-order valence-electron chi connectivity index (χ1n) is 5.32. The van der Waals surface area contributed by atoms with Crippen LogP contribution in [0.5, 0.6) is 0 Å². The minimum absolute atomic E-state index is 0.118. The van der Waals surface area contributed by atoms with Crippen molar-refractivity contribution in [1.29, 1.82) is 0 Å². The number of benzene rings is 1. The molecule has 0 atom stereocenters. The molecule has 0 unspecified atom stereocenters. The Morgan fingerprint density at radius 1 is 1.12 bits per heavy atom. The normalized spacial score (nSPS) is 13.5. The molecule has 0 fully saturated rings. The molecule has 4 nitrogen and oxygen atoms in total. The van der Waals surface area contributed by atoms with Gasteiger partial charge in [0.15, 0.2) is 5.78 Å². The summed E-state index contributed by atoms with van der Waals surface area (Å²) in [5.41, 5.74) is 2.60. The van der Waals surface area contributed by atoms with E-state index in [2.05, 4.69) is 5.10 Å². The van der Waals surface area contributed by atoms with Crippen molar-refractivity contribution in [2.75, 3.05) is 0 Å². The molecule has 0 amide bonds. The van der Waals surface area contributed by atoms with Gasteiger partial charge in [-0.3, -0.25) is 14.3 Å². The van der Waals surface area contributed by atoms with Crippen molar-refractivity contribution in [3.8, 4) is 0 Å². The van der Waals surface area contributed by atoms with Gasteiger partial charge in [0.1, 0.15) is 5.69 Å². The third-order valence-corrected chi connectivity index (χ3v) is 3.14. The Morgan fingerprint density at radius 2 is 1.88 bits per heavy atom. The zero-order valence-corrected chi connectivity index (χ0v) is 9.52. The van der Waals surface area contributed by atoms with Crippen molar-refractivity contribution in [3.05, 3.63) is 52.3 Å². The molecule has 1 aromatic heterocycles. The van der Waals surface area contributed by atoms with Gasteiger partial charge >= 0.3 is 0 Å². The van der Waals surface area contributed by atoms with Crippen molar-refractivity contribution < 1.29 is 9.59 Å². The molecule has 1 heterocycles. The second-order valence-corrected chi connectivity index (χ2v) is 4.19. The van der Waals surface area contributed by atoms with Gasteiger partial charge in [-0.15, -0.1) is 0 Å². The van der Waals surface area contributed by atoms with Gasteiger partial charge in [0.2, 0.25) is 5.78 Å². The lowest BCUT2D eigenvalue weighted by Crippen LogP contribution is -2.23. The number of aromatic nitrogens is 2. The van der Waals surface area contributed by atoms with E-state index in [1.165, 1.54) is 10.9 Å². The minimum Gasteiger partial charge on any atom is -0.288 e. The first kappa shape index (κ1) is 9.96. The van der Waals surface area contributed by atoms with Gasteiger partial charge < -0.3 is 0 Å². The summed E-state index contributed by atoms with van der Waals surface area (Å²) in [6, 6.07) is 5.32. The number of ketones is 2. The monoisotopic (exact) mass is 226 g/mol. The lowest BCUT2D eigenvalue weighted by Gasteiger charge is -2.16. The highest BCUT2D eigenvalue weighted by Crippen LogP contribution is 2.28. The molecule has 0 bridgehead atoms. The van der Waals surface area contributed by atoms with Crippen molar-refractivity contribution in [2.24, 2.45) is 7.05 Å². The van der Waals surface area contributed by atoms with Gasteiger partial charge in [0, 0.05) is 18.2 Å². The second-order valence-electron chi connectivity index (χ2n) is 4.19. The molecule has 4 heteroatoms. The molecule has 1 aliphatic rings. The average molecular weight is 226 g/mol. The third kappa shape index (κ3) is 1.15. The van der Waals surface area contributed by atoms with Crippen LogP contribution in [-0.2, 0) is 7.05 Å². The van der Waals surface area contributed by atoms with Crippen molar-refractivity contribution >= 4 is 11.6 Å². The van der Waals surface area contributed by atoms with Crippen LogP contribution in [0.4, 0.5) is 0 Å². The van der Waals surface area contributed by atoms with Crippen molar-refractivity contribution in [3.63, 3.8) is 0 Å². The van der Waals surface area contributed by atoms with E-state index < -0.39 is 0 Å². The zero-order chi connectivity index (χ0) is 12.2. The maximum absolute atomic E-state index is 12.3. The Morgan fingerprint density at radius 3 is 2.65 bits per heavy atom. The van der Waals surface area contributed by atoms with Crippen LogP contribution in [-0.4, -0.2) is 21.3 Å². The van der Waals surface area contributed by atoms with Gasteiger partial charge in [0.25, 0.3) is 0 Å². The summed E-state index contributed by atoms with van der Waals surface area (Å²) in [6.07, 6.45) is 1.46. The highest BCUT2D eigenvalue weighted by Gasteiger charge is 2.33. The molecule has 1 aliphatic carbocycles. The third-order valence-electron chi connectivity index (χ3n) is 3.14. The number of carbonyl (C=O) groups is 2. The predicted molar refractivity (Wildman–Crippen MR) is 61.3 cm³/mol. The topological polar surface area (TPSA) is 52.0 Å². The lowest BCUT2D eigenvalue weighted by atomic mass is 9.86.